The number of fused-ring (bicyclic) bond motifs is 6. The van der Waals surface area contributed by atoms with Gasteiger partial charge in [-0.15, -0.1) is 23.3 Å². The van der Waals surface area contributed by atoms with Crippen LogP contribution in [0.1, 0.15) is 11.1 Å². The van der Waals surface area contributed by atoms with Crippen LogP contribution < -0.4 is 10.6 Å². The summed E-state index contributed by atoms with van der Waals surface area (Å²) in [5.74, 6) is 4.71. The molecule has 0 saturated heterocycles. The number of hydrogen-bond donors (Lipinski definition) is 0. The minimum absolute atomic E-state index is 0. The molecule has 6 heteroatoms. The maximum atomic E-state index is 7.06. The molecular formula is C44H36Au2O2P2+2. The monoisotopic (exact) mass is 1050 g/mol. The van der Waals surface area contributed by atoms with Crippen LogP contribution in [0, 0.1) is 24.7 Å². The zero-order valence-electron chi connectivity index (χ0n) is 27.7. The van der Waals surface area contributed by atoms with Crippen molar-refractivity contribution in [1.29, 1.82) is 0 Å². The third-order valence-corrected chi connectivity index (χ3v) is 13.6. The third-order valence-electron chi connectivity index (χ3n) is 8.45. The van der Waals surface area contributed by atoms with Crippen LogP contribution in [0.5, 0.6) is 0 Å². The fourth-order valence-electron chi connectivity index (χ4n) is 5.72. The number of hydrogen-bond acceptors (Lipinski definition) is 2. The summed E-state index contributed by atoms with van der Waals surface area (Å²) in [6.45, 7) is 4.89. The molecule has 6 aromatic carbocycles. The van der Waals surface area contributed by atoms with E-state index in [0.29, 0.717) is 0 Å². The smallest absolute Gasteiger partial charge is 0.458 e. The van der Waals surface area contributed by atoms with E-state index in [-0.39, 0.29) is 60.6 Å². The van der Waals surface area contributed by atoms with Crippen molar-refractivity contribution in [3.05, 3.63) is 170 Å². The first-order chi connectivity index (χ1) is 23.5. The van der Waals surface area contributed by atoms with Gasteiger partial charge >= 0.3 is 44.8 Å². The van der Waals surface area contributed by atoms with Crippen LogP contribution in [0.25, 0.3) is 43.9 Å². The van der Waals surface area contributed by atoms with E-state index in [1.165, 1.54) is 12.3 Å². The first-order valence-corrected chi connectivity index (χ1v) is 20.4. The van der Waals surface area contributed by atoms with Crippen molar-refractivity contribution in [2.24, 2.45) is 0 Å². The van der Waals surface area contributed by atoms with Crippen LogP contribution in [0.2, 0.25) is 0 Å². The second kappa shape index (κ2) is 19.1. The summed E-state index contributed by atoms with van der Waals surface area (Å²) < 4.78 is 11.3. The van der Waals surface area contributed by atoms with Gasteiger partial charge in [-0.2, -0.15) is 0 Å². The van der Waals surface area contributed by atoms with Gasteiger partial charge in [0.05, 0.1) is 36.3 Å². The SMILES string of the molecule is C[PH+](CC[PH+](C)c1ccccc1)c1ccccc1.[Au+].[Au+].[C-]#Cc1ccc2c(c1)oc1ccccc12.[C-]#Cc1ccc2c(c1)oc1ccccc12. The molecule has 0 N–H and O–H groups in total. The number of para-hydroxylation sites is 2. The fraction of sp³-hybridized carbons (Fsp3) is 0.0909. The Bertz CT molecular complexity index is 2200. The summed E-state index contributed by atoms with van der Waals surface area (Å²) in [4.78, 5) is 0. The van der Waals surface area contributed by atoms with Gasteiger partial charge in [0.1, 0.15) is 22.3 Å². The van der Waals surface area contributed by atoms with E-state index < -0.39 is 0 Å². The van der Waals surface area contributed by atoms with Crippen molar-refractivity contribution >= 4 is 70.3 Å². The van der Waals surface area contributed by atoms with Gasteiger partial charge in [0.15, 0.2) is 0 Å². The number of benzene rings is 6. The summed E-state index contributed by atoms with van der Waals surface area (Å²) >= 11 is 0. The molecule has 0 aliphatic heterocycles. The van der Waals surface area contributed by atoms with E-state index in [1.54, 1.807) is 10.6 Å². The topological polar surface area (TPSA) is 26.3 Å². The van der Waals surface area contributed by atoms with Gasteiger partial charge in [-0.3, -0.25) is 11.8 Å². The predicted molar refractivity (Wildman–Crippen MR) is 210 cm³/mol. The Morgan fingerprint density at radius 3 is 1.16 bits per heavy atom. The van der Waals surface area contributed by atoms with Gasteiger partial charge in [0.2, 0.25) is 0 Å². The van der Waals surface area contributed by atoms with Gasteiger partial charge in [-0.25, -0.2) is 0 Å². The summed E-state index contributed by atoms with van der Waals surface area (Å²) in [6.07, 6.45) is 16.9. The molecule has 0 saturated carbocycles. The van der Waals surface area contributed by atoms with Crippen LogP contribution in [0.15, 0.2) is 154 Å². The summed E-state index contributed by atoms with van der Waals surface area (Å²) in [7, 11) is -0.688. The molecule has 0 fully saturated rings. The molecule has 2 heterocycles. The Hall–Kier alpha value is -3.62. The van der Waals surface area contributed by atoms with E-state index in [0.717, 1.165) is 55.0 Å². The molecule has 0 bridgehead atoms. The summed E-state index contributed by atoms with van der Waals surface area (Å²) in [5, 5.41) is 7.55. The summed E-state index contributed by atoms with van der Waals surface area (Å²) in [5.41, 5.74) is 4.87. The standard InChI is InChI=1S/C16H20P2.2C14H7O.2Au/c1-17(15-9-5-3-6-10-15)13-14-18(2)16-11-7-4-8-12-16;2*1-2-10-7-8-12-11-5-3-4-6-13(11)15-14(12)9-10;;/h3-12H,13-14H2,1-2H3;2*3-9H;;/q;2*-1;2*+1/p+2. The molecule has 0 amide bonds. The fourth-order valence-corrected chi connectivity index (χ4v) is 10.8. The molecule has 254 valence electrons. The first kappa shape index (κ1) is 39.2. The van der Waals surface area contributed by atoms with E-state index in [4.69, 9.17) is 21.7 Å². The number of furan rings is 2. The molecule has 2 nitrogen and oxygen atoms in total. The Labute approximate surface area is 328 Å². The van der Waals surface area contributed by atoms with Crippen LogP contribution in [-0.2, 0) is 44.8 Å². The minimum Gasteiger partial charge on any atom is -0.458 e. The van der Waals surface area contributed by atoms with Gasteiger partial charge in [0.25, 0.3) is 0 Å². The van der Waals surface area contributed by atoms with Crippen molar-refractivity contribution in [3.8, 4) is 11.8 Å². The Balaban J connectivity index is 0.000000166. The van der Waals surface area contributed by atoms with E-state index in [9.17, 15) is 0 Å². The van der Waals surface area contributed by atoms with Crippen LogP contribution in [0.3, 0.4) is 0 Å². The molecule has 0 radical (unpaired) electrons. The molecule has 0 spiro atoms. The van der Waals surface area contributed by atoms with E-state index >= 15 is 0 Å². The minimum atomic E-state index is -0.344. The van der Waals surface area contributed by atoms with Crippen LogP contribution in [0.4, 0.5) is 0 Å². The van der Waals surface area contributed by atoms with Crippen molar-refractivity contribution in [2.45, 2.75) is 0 Å². The maximum absolute atomic E-state index is 7.06. The molecule has 2 unspecified atom stereocenters. The Morgan fingerprint density at radius 2 is 0.780 bits per heavy atom. The molecule has 0 aliphatic carbocycles. The van der Waals surface area contributed by atoms with Crippen molar-refractivity contribution in [1.82, 2.24) is 0 Å². The van der Waals surface area contributed by atoms with Crippen molar-refractivity contribution in [2.75, 3.05) is 25.7 Å². The Morgan fingerprint density at radius 1 is 0.440 bits per heavy atom. The first-order valence-electron chi connectivity index (χ1n) is 16.0. The molecule has 8 rings (SSSR count). The molecule has 0 aliphatic rings. The Kier molecular flexibility index (Phi) is 15.0. The van der Waals surface area contributed by atoms with Crippen molar-refractivity contribution in [3.63, 3.8) is 0 Å². The van der Waals surface area contributed by atoms with Gasteiger partial charge in [0, 0.05) is 37.4 Å². The second-order valence-electron chi connectivity index (χ2n) is 11.7. The molecule has 2 aromatic heterocycles. The van der Waals surface area contributed by atoms with E-state index in [2.05, 4.69) is 85.8 Å². The molecule has 2 atom stereocenters. The van der Waals surface area contributed by atoms with Gasteiger partial charge < -0.3 is 21.7 Å². The zero-order valence-corrected chi connectivity index (χ0v) is 34.0. The van der Waals surface area contributed by atoms with Gasteiger partial charge in [-0.1, -0.05) is 97.1 Å². The molecule has 8 aromatic rings. The average Bonchev–Trinajstić information content (AvgIpc) is 3.72. The van der Waals surface area contributed by atoms with E-state index in [1.807, 2.05) is 84.9 Å². The van der Waals surface area contributed by atoms with Gasteiger partial charge in [-0.05, 0) is 36.4 Å². The predicted octanol–water partition coefficient (Wildman–Crippen LogP) is 10.4. The van der Waals surface area contributed by atoms with Crippen LogP contribution in [-0.4, -0.2) is 25.7 Å². The summed E-state index contributed by atoms with van der Waals surface area (Å²) in [6, 6.07) is 49.3. The van der Waals surface area contributed by atoms with Crippen LogP contribution >= 0.6 is 15.8 Å². The molecule has 50 heavy (non-hydrogen) atoms. The number of rotatable bonds is 5. The second-order valence-corrected chi connectivity index (χ2v) is 16.9. The van der Waals surface area contributed by atoms with Crippen molar-refractivity contribution < 1.29 is 53.6 Å². The average molecular weight is 1050 g/mol. The third kappa shape index (κ3) is 9.58. The molecular weight excluding hydrogens is 1020 g/mol. The quantitative estimate of drug-likeness (QED) is 0.0743. The maximum Gasteiger partial charge on any atom is 1.00 e. The zero-order chi connectivity index (χ0) is 33.3. The largest absolute Gasteiger partial charge is 1.00 e. The normalized spacial score (nSPS) is 11.4.